The number of anilines is 2. The van der Waals surface area contributed by atoms with E-state index >= 15 is 0 Å². The molecular weight excluding hydrogens is 478 g/mol. The molecule has 0 atom stereocenters. The van der Waals surface area contributed by atoms with E-state index in [1.54, 1.807) is 11.5 Å². The van der Waals surface area contributed by atoms with E-state index in [0.29, 0.717) is 11.6 Å². The van der Waals surface area contributed by atoms with Crippen molar-refractivity contribution >= 4 is 44.9 Å². The lowest BCUT2D eigenvalue weighted by Crippen LogP contribution is -2.47. The number of hydrogen-bond acceptors (Lipinski definition) is 7. The molecule has 10 heteroatoms. The molecule has 36 heavy (non-hydrogen) atoms. The van der Waals surface area contributed by atoms with Crippen molar-refractivity contribution in [1.82, 2.24) is 9.27 Å². The highest BCUT2D eigenvalue weighted by Gasteiger charge is 2.30. The molecule has 2 aromatic carbocycles. The molecule has 3 aromatic rings. The van der Waals surface area contributed by atoms with Gasteiger partial charge in [-0.1, -0.05) is 12.1 Å². The molecule has 1 amide bonds. The summed E-state index contributed by atoms with van der Waals surface area (Å²) in [5.74, 6) is 1.72. The molecule has 9 nitrogen and oxygen atoms in total. The third kappa shape index (κ3) is 5.29. The van der Waals surface area contributed by atoms with Gasteiger partial charge in [-0.2, -0.15) is 4.37 Å². The van der Waals surface area contributed by atoms with Crippen LogP contribution in [-0.4, -0.2) is 64.2 Å². The molecule has 1 saturated heterocycles. The minimum Gasteiger partial charge on any atom is -0.465 e. The molecule has 0 bridgehead atoms. The van der Waals surface area contributed by atoms with Crippen LogP contribution in [0.5, 0.6) is 0 Å². The number of hydrogen-bond donors (Lipinski definition) is 1. The average Bonchev–Trinajstić information content (AvgIpc) is 3.33. The highest BCUT2D eigenvalue weighted by molar-refractivity contribution is 7.13. The van der Waals surface area contributed by atoms with Crippen LogP contribution in [0.3, 0.4) is 0 Å². The summed E-state index contributed by atoms with van der Waals surface area (Å²) in [7, 11) is 0. The Labute approximate surface area is 214 Å². The van der Waals surface area contributed by atoms with Crippen molar-refractivity contribution in [1.29, 1.82) is 0 Å². The zero-order valence-electron chi connectivity index (χ0n) is 20.2. The standard InChI is InChI=1S/C26H31N5O4S/c32-26(33)30(21-9-11-22(12-10-21)31(34)35)20-7-5-19(6-8-20)13-14-28-15-17-29(18-16-28)25-23-3-1-2-4-24(23)36-27-25/h1-4,9-12,19-20H,5-8,13-18H2,(H,32,33). The Morgan fingerprint density at radius 1 is 1.06 bits per heavy atom. The van der Waals surface area contributed by atoms with Gasteiger partial charge in [-0.25, -0.2) is 4.79 Å². The Balaban J connectivity index is 1.09. The number of aromatic nitrogens is 1. The Hall–Kier alpha value is -3.24. The molecule has 0 unspecified atom stereocenters. The summed E-state index contributed by atoms with van der Waals surface area (Å²) in [6, 6.07) is 14.1. The summed E-state index contributed by atoms with van der Waals surface area (Å²) in [4.78, 5) is 28.8. The van der Waals surface area contributed by atoms with E-state index in [1.807, 2.05) is 0 Å². The van der Waals surface area contributed by atoms with Crippen LogP contribution in [0.2, 0.25) is 0 Å². The number of non-ortho nitro benzene ring substituents is 1. The van der Waals surface area contributed by atoms with Gasteiger partial charge in [-0.15, -0.1) is 0 Å². The number of carbonyl (C=O) groups is 1. The van der Waals surface area contributed by atoms with Crippen molar-refractivity contribution in [2.24, 2.45) is 5.92 Å². The Morgan fingerprint density at radius 2 is 1.75 bits per heavy atom. The van der Waals surface area contributed by atoms with Gasteiger partial charge in [0.25, 0.3) is 5.69 Å². The number of nitro benzene ring substituents is 1. The van der Waals surface area contributed by atoms with Gasteiger partial charge in [-0.05, 0) is 80.4 Å². The smallest absolute Gasteiger partial charge is 0.412 e. The lowest BCUT2D eigenvalue weighted by Gasteiger charge is -2.38. The molecular formula is C26H31N5O4S. The van der Waals surface area contributed by atoms with Gasteiger partial charge in [-0.3, -0.25) is 19.9 Å². The number of benzene rings is 2. The second kappa shape index (κ2) is 10.8. The zero-order valence-corrected chi connectivity index (χ0v) is 21.0. The van der Waals surface area contributed by atoms with Gasteiger partial charge in [0.1, 0.15) is 5.82 Å². The van der Waals surface area contributed by atoms with Crippen molar-refractivity contribution in [2.45, 2.75) is 38.1 Å². The van der Waals surface area contributed by atoms with E-state index in [-0.39, 0.29) is 11.7 Å². The van der Waals surface area contributed by atoms with E-state index in [4.69, 9.17) is 4.37 Å². The lowest BCUT2D eigenvalue weighted by atomic mass is 9.83. The summed E-state index contributed by atoms with van der Waals surface area (Å²) in [5.41, 5.74) is 0.468. The summed E-state index contributed by atoms with van der Waals surface area (Å²) < 4.78 is 5.94. The molecule has 190 valence electrons. The van der Waals surface area contributed by atoms with Crippen LogP contribution in [-0.2, 0) is 0 Å². The van der Waals surface area contributed by atoms with E-state index in [2.05, 4.69) is 34.1 Å². The molecule has 1 aliphatic carbocycles. The first kappa shape index (κ1) is 24.5. The molecule has 1 aromatic heterocycles. The molecule has 1 saturated carbocycles. The van der Waals surface area contributed by atoms with E-state index in [9.17, 15) is 20.0 Å². The van der Waals surface area contributed by atoms with Gasteiger partial charge >= 0.3 is 6.09 Å². The minimum atomic E-state index is -1.00. The van der Waals surface area contributed by atoms with Crippen molar-refractivity contribution < 1.29 is 14.8 Å². The number of nitrogens with zero attached hydrogens (tertiary/aromatic N) is 5. The first-order valence-electron chi connectivity index (χ1n) is 12.6. The number of nitro groups is 1. The summed E-state index contributed by atoms with van der Waals surface area (Å²) in [6.07, 6.45) is 3.78. The van der Waals surface area contributed by atoms with Crippen LogP contribution in [0.4, 0.5) is 22.0 Å². The number of rotatable bonds is 7. The van der Waals surface area contributed by atoms with Gasteiger partial charge in [0.15, 0.2) is 0 Å². The molecule has 2 fully saturated rings. The van der Waals surface area contributed by atoms with Crippen LogP contribution in [0.1, 0.15) is 32.1 Å². The maximum absolute atomic E-state index is 12.0. The molecule has 2 heterocycles. The first-order valence-corrected chi connectivity index (χ1v) is 13.4. The van der Waals surface area contributed by atoms with E-state index in [0.717, 1.165) is 70.6 Å². The van der Waals surface area contributed by atoms with Crippen LogP contribution in [0.25, 0.3) is 10.1 Å². The van der Waals surface area contributed by atoms with Gasteiger partial charge < -0.3 is 10.0 Å². The molecule has 5 rings (SSSR count). The molecule has 1 aliphatic heterocycles. The highest BCUT2D eigenvalue weighted by atomic mass is 32.1. The molecule has 1 N–H and O–H groups in total. The van der Waals surface area contributed by atoms with Crippen LogP contribution in [0.15, 0.2) is 48.5 Å². The SMILES string of the molecule is O=C(O)N(c1ccc([N+](=O)[O-])cc1)C1CCC(CCN2CCN(c3nsc4ccccc34)CC2)CC1. The van der Waals surface area contributed by atoms with E-state index < -0.39 is 11.0 Å². The first-order chi connectivity index (χ1) is 17.5. The Bertz CT molecular complexity index is 1200. The zero-order chi connectivity index (χ0) is 25.1. The summed E-state index contributed by atoms with van der Waals surface area (Å²) in [5, 5.41) is 22.0. The van der Waals surface area contributed by atoms with Crippen molar-refractivity contribution in [3.05, 3.63) is 58.6 Å². The fraction of sp³-hybridized carbons (Fsp3) is 0.462. The summed E-state index contributed by atoms with van der Waals surface area (Å²) >= 11 is 1.57. The second-order valence-corrected chi connectivity index (χ2v) is 10.5. The van der Waals surface area contributed by atoms with Crippen molar-refractivity contribution in [3.63, 3.8) is 0 Å². The lowest BCUT2D eigenvalue weighted by molar-refractivity contribution is -0.384. The predicted molar refractivity (Wildman–Crippen MR) is 142 cm³/mol. The van der Waals surface area contributed by atoms with Gasteiger partial charge in [0.2, 0.25) is 0 Å². The number of carboxylic acid groups (broad SMARTS) is 1. The fourth-order valence-corrected chi connectivity index (χ4v) is 6.35. The van der Waals surface area contributed by atoms with Gasteiger partial charge in [0.05, 0.1) is 9.62 Å². The van der Waals surface area contributed by atoms with E-state index in [1.165, 1.54) is 39.3 Å². The third-order valence-electron chi connectivity index (χ3n) is 7.61. The van der Waals surface area contributed by atoms with Gasteiger partial charge in [0, 0.05) is 55.4 Å². The maximum Gasteiger partial charge on any atom is 0.412 e. The third-order valence-corrected chi connectivity index (χ3v) is 8.43. The quantitative estimate of drug-likeness (QED) is 0.333. The fourth-order valence-electron chi connectivity index (χ4n) is 5.55. The largest absolute Gasteiger partial charge is 0.465 e. The van der Waals surface area contributed by atoms with Crippen molar-refractivity contribution in [2.75, 3.05) is 42.5 Å². The molecule has 2 aliphatic rings. The second-order valence-electron chi connectivity index (χ2n) is 9.72. The normalized spacial score (nSPS) is 20.9. The number of fused-ring (bicyclic) bond motifs is 1. The Morgan fingerprint density at radius 3 is 2.42 bits per heavy atom. The van der Waals surface area contributed by atoms with Crippen LogP contribution in [0, 0.1) is 16.0 Å². The van der Waals surface area contributed by atoms with Crippen molar-refractivity contribution in [3.8, 4) is 0 Å². The molecule has 0 spiro atoms. The van der Waals surface area contributed by atoms with Crippen LogP contribution >= 0.6 is 11.5 Å². The average molecular weight is 510 g/mol. The monoisotopic (exact) mass is 509 g/mol. The minimum absolute atomic E-state index is 0.0337. The maximum atomic E-state index is 12.0. The number of piperazine rings is 1. The summed E-state index contributed by atoms with van der Waals surface area (Å²) in [6.45, 7) is 5.13. The molecule has 0 radical (unpaired) electrons. The predicted octanol–water partition coefficient (Wildman–Crippen LogP) is 5.46. The topological polar surface area (TPSA) is 103 Å². The Kier molecular flexibility index (Phi) is 7.33. The van der Waals surface area contributed by atoms with Crippen LogP contribution < -0.4 is 9.80 Å². The number of amides is 1. The highest BCUT2D eigenvalue weighted by Crippen LogP contribution is 2.34.